The first-order valence-electron chi connectivity index (χ1n) is 8.82. The molecule has 0 aromatic rings. The maximum Gasteiger partial charge on any atom is 0.223 e. The van der Waals surface area contributed by atoms with Crippen molar-refractivity contribution in [1.82, 2.24) is 5.32 Å². The van der Waals surface area contributed by atoms with E-state index < -0.39 is 17.7 Å². The minimum absolute atomic E-state index is 0.0258. The lowest BCUT2D eigenvalue weighted by Gasteiger charge is -2.28. The average molecular weight is 358 g/mol. The number of hydrogen-bond donors (Lipinski definition) is 1. The number of carbonyl (C=O) groups excluding carboxylic acids is 1. The normalized spacial score (nSPS) is 22.4. The molecule has 2 saturated carbocycles. The molecule has 1 N–H and O–H groups in total. The smallest absolute Gasteiger partial charge is 0.223 e. The average Bonchev–Trinajstić information content (AvgIpc) is 3.26. The van der Waals surface area contributed by atoms with Crippen LogP contribution >= 0.6 is 11.6 Å². The van der Waals surface area contributed by atoms with Gasteiger partial charge < -0.3 is 5.32 Å². The third-order valence-corrected chi connectivity index (χ3v) is 5.36. The van der Waals surface area contributed by atoms with E-state index in [1.807, 2.05) is 0 Å². The number of amides is 1. The van der Waals surface area contributed by atoms with Crippen molar-refractivity contribution >= 4 is 17.5 Å². The van der Waals surface area contributed by atoms with Gasteiger partial charge in [-0.15, -0.1) is 0 Å². The Morgan fingerprint density at radius 1 is 1.17 bits per heavy atom. The van der Waals surface area contributed by atoms with E-state index in [0.29, 0.717) is 0 Å². The van der Waals surface area contributed by atoms with Crippen molar-refractivity contribution in [1.29, 1.82) is 0 Å². The number of hydrogen-bond acceptors (Lipinski definition) is 1. The molecular weight excluding hydrogens is 332 g/mol. The molecule has 0 aromatic heterocycles. The highest BCUT2D eigenvalue weighted by Gasteiger charge is 2.35. The van der Waals surface area contributed by atoms with Crippen molar-refractivity contribution < 1.29 is 13.6 Å². The highest BCUT2D eigenvalue weighted by atomic mass is 35.5. The van der Waals surface area contributed by atoms with Crippen LogP contribution in [0.15, 0.2) is 34.9 Å². The molecule has 2 aliphatic rings. The van der Waals surface area contributed by atoms with Gasteiger partial charge in [0.05, 0.1) is 11.1 Å². The molecular formula is C19H26ClF2NO. The molecule has 2 rings (SSSR count). The van der Waals surface area contributed by atoms with Gasteiger partial charge in [0.1, 0.15) is 11.7 Å². The van der Waals surface area contributed by atoms with Gasteiger partial charge in [0, 0.05) is 11.5 Å². The lowest BCUT2D eigenvalue weighted by atomic mass is 9.89. The van der Waals surface area contributed by atoms with Gasteiger partial charge in [-0.2, -0.15) is 0 Å². The summed E-state index contributed by atoms with van der Waals surface area (Å²) in [6, 6.07) is -0.688. The Labute approximate surface area is 148 Å². The Hall–Kier alpha value is -1.16. The van der Waals surface area contributed by atoms with Gasteiger partial charge in [-0.1, -0.05) is 49.9 Å². The SMILES string of the molecule is C=C(Cl)/C(F)=C(\C(F)=C/C)C(NC(=O)C1CCCC1)C1CCCC1. The summed E-state index contributed by atoms with van der Waals surface area (Å²) < 4.78 is 29.0. The second-order valence-corrected chi connectivity index (χ2v) is 7.24. The summed E-state index contributed by atoms with van der Waals surface area (Å²) >= 11 is 5.70. The highest BCUT2D eigenvalue weighted by molar-refractivity contribution is 6.31. The fourth-order valence-electron chi connectivity index (χ4n) is 3.87. The lowest BCUT2D eigenvalue weighted by Crippen LogP contribution is -2.44. The van der Waals surface area contributed by atoms with E-state index in [4.69, 9.17) is 11.6 Å². The molecule has 2 aliphatic carbocycles. The fraction of sp³-hybridized carbons (Fsp3) is 0.632. The van der Waals surface area contributed by atoms with Gasteiger partial charge in [0.2, 0.25) is 5.91 Å². The van der Waals surface area contributed by atoms with Crippen molar-refractivity contribution in [3.05, 3.63) is 34.9 Å². The zero-order chi connectivity index (χ0) is 17.7. The number of allylic oxidation sites excluding steroid dienone is 3. The van der Waals surface area contributed by atoms with Gasteiger partial charge in [-0.05, 0) is 38.5 Å². The van der Waals surface area contributed by atoms with Crippen molar-refractivity contribution in [2.24, 2.45) is 11.8 Å². The van der Waals surface area contributed by atoms with Gasteiger partial charge in [-0.3, -0.25) is 4.79 Å². The van der Waals surface area contributed by atoms with Crippen LogP contribution in [0.1, 0.15) is 58.3 Å². The van der Waals surface area contributed by atoms with Crippen LogP contribution in [-0.4, -0.2) is 11.9 Å². The van der Waals surface area contributed by atoms with E-state index in [9.17, 15) is 13.6 Å². The van der Waals surface area contributed by atoms with Gasteiger partial charge in [-0.25, -0.2) is 8.78 Å². The molecule has 0 spiro atoms. The number of rotatable bonds is 6. The Morgan fingerprint density at radius 3 is 2.21 bits per heavy atom. The van der Waals surface area contributed by atoms with E-state index in [-0.39, 0.29) is 28.3 Å². The quantitative estimate of drug-likeness (QED) is 0.607. The Balaban J connectivity index is 2.33. The molecule has 0 bridgehead atoms. The van der Waals surface area contributed by atoms with Crippen molar-refractivity contribution in [2.45, 2.75) is 64.3 Å². The molecule has 1 unspecified atom stereocenters. The topological polar surface area (TPSA) is 29.1 Å². The fourth-order valence-corrected chi connectivity index (χ4v) is 3.97. The first-order chi connectivity index (χ1) is 11.5. The number of carbonyl (C=O) groups is 1. The largest absolute Gasteiger partial charge is 0.349 e. The van der Waals surface area contributed by atoms with Gasteiger partial charge in [0.25, 0.3) is 0 Å². The summed E-state index contributed by atoms with van der Waals surface area (Å²) in [4.78, 5) is 12.6. The van der Waals surface area contributed by atoms with Crippen LogP contribution in [0.2, 0.25) is 0 Å². The molecule has 0 aromatic carbocycles. The first-order valence-corrected chi connectivity index (χ1v) is 9.20. The molecule has 5 heteroatoms. The van der Waals surface area contributed by atoms with Crippen LogP contribution in [0, 0.1) is 11.8 Å². The maximum atomic E-state index is 14.6. The minimum Gasteiger partial charge on any atom is -0.349 e. The predicted octanol–water partition coefficient (Wildman–Crippen LogP) is 5.70. The first kappa shape index (κ1) is 19.2. The van der Waals surface area contributed by atoms with E-state index in [1.165, 1.54) is 13.0 Å². The zero-order valence-corrected chi connectivity index (χ0v) is 15.0. The molecule has 2 fully saturated rings. The van der Waals surface area contributed by atoms with Crippen LogP contribution in [0.5, 0.6) is 0 Å². The van der Waals surface area contributed by atoms with Crippen LogP contribution in [0.4, 0.5) is 8.78 Å². The molecule has 24 heavy (non-hydrogen) atoms. The molecule has 0 saturated heterocycles. The molecule has 134 valence electrons. The van der Waals surface area contributed by atoms with Crippen LogP contribution in [-0.2, 0) is 4.79 Å². The van der Waals surface area contributed by atoms with Gasteiger partial charge in [0.15, 0.2) is 0 Å². The second kappa shape index (κ2) is 8.80. The van der Waals surface area contributed by atoms with Crippen molar-refractivity contribution in [3.8, 4) is 0 Å². The number of halogens is 3. The standard InChI is InChI=1S/C19H26ClF2NO/c1-3-15(21)16(17(22)12(2)20)18(13-8-4-5-9-13)23-19(24)14-10-6-7-11-14/h3,13-14,18H,2,4-11H2,1H3,(H,23,24)/b15-3+,17-16-. The summed E-state index contributed by atoms with van der Waals surface area (Å²) in [6.07, 6.45) is 8.67. The summed E-state index contributed by atoms with van der Waals surface area (Å²) in [5.41, 5.74) is -0.157. The molecule has 1 amide bonds. The third kappa shape index (κ3) is 4.47. The minimum atomic E-state index is -0.865. The molecule has 0 aliphatic heterocycles. The van der Waals surface area contributed by atoms with Crippen LogP contribution in [0.25, 0.3) is 0 Å². The monoisotopic (exact) mass is 357 g/mol. The summed E-state index contributed by atoms with van der Waals surface area (Å²) in [5, 5.41) is 2.60. The van der Waals surface area contributed by atoms with Crippen molar-refractivity contribution in [2.75, 3.05) is 0 Å². The Morgan fingerprint density at radius 2 is 1.71 bits per heavy atom. The molecule has 1 atom stereocenters. The molecule has 0 radical (unpaired) electrons. The molecule has 2 nitrogen and oxygen atoms in total. The number of nitrogens with one attached hydrogen (secondary N) is 1. The highest BCUT2D eigenvalue weighted by Crippen LogP contribution is 2.37. The van der Waals surface area contributed by atoms with E-state index in [1.54, 1.807) is 0 Å². The zero-order valence-electron chi connectivity index (χ0n) is 14.2. The third-order valence-electron chi connectivity index (χ3n) is 5.19. The summed E-state index contributed by atoms with van der Waals surface area (Å²) in [5.74, 6) is -1.67. The summed E-state index contributed by atoms with van der Waals surface area (Å²) in [6.45, 7) is 4.89. The van der Waals surface area contributed by atoms with E-state index >= 15 is 0 Å². The maximum absolute atomic E-state index is 14.6. The molecule has 0 heterocycles. The van der Waals surface area contributed by atoms with Crippen molar-refractivity contribution in [3.63, 3.8) is 0 Å². The van der Waals surface area contributed by atoms with Crippen LogP contribution in [0.3, 0.4) is 0 Å². The second-order valence-electron chi connectivity index (χ2n) is 6.78. The van der Waals surface area contributed by atoms with E-state index in [2.05, 4.69) is 11.9 Å². The van der Waals surface area contributed by atoms with Gasteiger partial charge >= 0.3 is 0 Å². The Kier molecular flexibility index (Phi) is 7.02. The van der Waals surface area contributed by atoms with Crippen LogP contribution < -0.4 is 5.32 Å². The summed E-state index contributed by atoms with van der Waals surface area (Å²) in [7, 11) is 0. The lowest BCUT2D eigenvalue weighted by molar-refractivity contribution is -0.125. The van der Waals surface area contributed by atoms with E-state index in [0.717, 1.165) is 51.4 Å². The Bertz CT molecular complexity index is 544. The predicted molar refractivity (Wildman–Crippen MR) is 93.8 cm³/mol.